The van der Waals surface area contributed by atoms with E-state index in [4.69, 9.17) is 0 Å². The van der Waals surface area contributed by atoms with Gasteiger partial charge in [-0.3, -0.25) is 4.79 Å². The Morgan fingerprint density at radius 2 is 2.00 bits per heavy atom. The number of hydrogen-bond acceptors (Lipinski definition) is 1. The summed E-state index contributed by atoms with van der Waals surface area (Å²) in [6.45, 7) is 4.06. The quantitative estimate of drug-likeness (QED) is 0.357. The zero-order valence-corrected chi connectivity index (χ0v) is 14.2. The number of nitrogens with one attached hydrogen (secondary N) is 1. The summed E-state index contributed by atoms with van der Waals surface area (Å²) in [7, 11) is 0. The van der Waals surface area contributed by atoms with Crippen LogP contribution in [-0.4, -0.2) is 12.5 Å². The van der Waals surface area contributed by atoms with Gasteiger partial charge in [-0.05, 0) is 79.9 Å². The van der Waals surface area contributed by atoms with E-state index in [1.165, 1.54) is 0 Å². The Hall–Kier alpha value is 0.620. The number of hydrogen-bond donors (Lipinski definition) is 1. The second kappa shape index (κ2) is 6.38. The number of halogens is 3. The predicted molar refractivity (Wildman–Crippen MR) is 87.1 cm³/mol. The van der Waals surface area contributed by atoms with Crippen molar-refractivity contribution in [1.29, 1.82) is 0 Å². The minimum absolute atomic E-state index is 0.0476. The first-order valence-electron chi connectivity index (χ1n) is 4.10. The van der Waals surface area contributed by atoms with Gasteiger partial charge in [-0.2, -0.15) is 0 Å². The summed E-state index contributed by atoms with van der Waals surface area (Å²) in [6.07, 6.45) is 1.67. The SMILES string of the molecule is C=CCNC(=O)c1ccc(I)c(I)c1I. The lowest BCUT2D eigenvalue weighted by Crippen LogP contribution is -2.24. The fourth-order valence-electron chi connectivity index (χ4n) is 0.961. The van der Waals surface area contributed by atoms with Crippen LogP contribution in [0.25, 0.3) is 0 Å². The molecule has 80 valence electrons. The topological polar surface area (TPSA) is 29.1 Å². The molecule has 1 amide bonds. The molecule has 0 aliphatic rings. The van der Waals surface area contributed by atoms with Crippen LogP contribution in [0.3, 0.4) is 0 Å². The van der Waals surface area contributed by atoms with Crippen molar-refractivity contribution in [3.63, 3.8) is 0 Å². The van der Waals surface area contributed by atoms with Crippen molar-refractivity contribution >= 4 is 73.7 Å². The lowest BCUT2D eigenvalue weighted by Gasteiger charge is -2.07. The molecule has 0 radical (unpaired) electrons. The molecule has 0 aromatic heterocycles. The van der Waals surface area contributed by atoms with Crippen LogP contribution in [-0.2, 0) is 0 Å². The highest BCUT2D eigenvalue weighted by Gasteiger charge is 2.12. The molecule has 5 heteroatoms. The van der Waals surface area contributed by atoms with E-state index < -0.39 is 0 Å². The van der Waals surface area contributed by atoms with Crippen LogP contribution in [0.5, 0.6) is 0 Å². The molecule has 0 aliphatic carbocycles. The van der Waals surface area contributed by atoms with Crippen LogP contribution in [0.2, 0.25) is 0 Å². The van der Waals surface area contributed by atoms with Crippen LogP contribution >= 0.6 is 67.8 Å². The maximum atomic E-state index is 11.7. The second-order valence-electron chi connectivity index (χ2n) is 2.72. The molecule has 2 nitrogen and oxygen atoms in total. The Bertz CT molecular complexity index is 404. The van der Waals surface area contributed by atoms with Crippen molar-refractivity contribution in [3.8, 4) is 0 Å². The third-order valence-corrected chi connectivity index (χ3v) is 6.89. The van der Waals surface area contributed by atoms with E-state index in [2.05, 4.69) is 79.7 Å². The fourth-order valence-corrected chi connectivity index (χ4v) is 3.11. The molecular formula is C10H8I3NO. The van der Waals surface area contributed by atoms with Gasteiger partial charge in [0.05, 0.1) is 5.56 Å². The summed E-state index contributed by atoms with van der Waals surface area (Å²) in [5.74, 6) is -0.0476. The van der Waals surface area contributed by atoms with E-state index in [-0.39, 0.29) is 5.91 Å². The van der Waals surface area contributed by atoms with Crippen LogP contribution in [0.15, 0.2) is 24.8 Å². The standard InChI is InChI=1S/C10H8I3NO/c1-2-5-14-10(15)6-3-4-7(11)9(13)8(6)12/h2-4H,1,5H2,(H,14,15). The van der Waals surface area contributed by atoms with Gasteiger partial charge >= 0.3 is 0 Å². The third-order valence-electron chi connectivity index (χ3n) is 1.69. The molecule has 0 heterocycles. The smallest absolute Gasteiger partial charge is 0.252 e. The van der Waals surface area contributed by atoms with Gasteiger partial charge in [0, 0.05) is 17.3 Å². The Morgan fingerprint density at radius 3 is 2.60 bits per heavy atom. The first kappa shape index (κ1) is 13.7. The highest BCUT2D eigenvalue weighted by Crippen LogP contribution is 2.24. The van der Waals surface area contributed by atoms with E-state index in [9.17, 15) is 4.79 Å². The molecule has 0 saturated heterocycles. The first-order valence-corrected chi connectivity index (χ1v) is 7.34. The molecule has 0 fully saturated rings. The summed E-state index contributed by atoms with van der Waals surface area (Å²) >= 11 is 6.71. The number of benzene rings is 1. The van der Waals surface area contributed by atoms with Gasteiger partial charge in [0.15, 0.2) is 0 Å². The monoisotopic (exact) mass is 539 g/mol. The van der Waals surface area contributed by atoms with Crippen molar-refractivity contribution < 1.29 is 4.79 Å². The molecule has 15 heavy (non-hydrogen) atoms. The fraction of sp³-hybridized carbons (Fsp3) is 0.100. The average Bonchev–Trinajstić information content (AvgIpc) is 2.23. The summed E-state index contributed by atoms with van der Waals surface area (Å²) in [6, 6.07) is 3.80. The molecule has 0 saturated carbocycles. The number of carbonyl (C=O) groups is 1. The molecule has 0 unspecified atom stereocenters. The number of rotatable bonds is 3. The highest BCUT2D eigenvalue weighted by molar-refractivity contribution is 14.1. The third kappa shape index (κ3) is 3.55. The molecule has 0 bridgehead atoms. The molecule has 1 rings (SSSR count). The van der Waals surface area contributed by atoms with E-state index >= 15 is 0 Å². The highest BCUT2D eigenvalue weighted by atomic mass is 127. The van der Waals surface area contributed by atoms with Crippen molar-refractivity contribution in [3.05, 3.63) is 41.1 Å². The molecular weight excluding hydrogens is 531 g/mol. The first-order chi connectivity index (χ1) is 7.07. The normalized spacial score (nSPS) is 9.80. The van der Waals surface area contributed by atoms with Gasteiger partial charge in [0.25, 0.3) is 5.91 Å². The molecule has 1 N–H and O–H groups in total. The Balaban J connectivity index is 3.00. The molecule has 1 aromatic carbocycles. The lowest BCUT2D eigenvalue weighted by atomic mass is 10.2. The van der Waals surface area contributed by atoms with Gasteiger partial charge in [-0.15, -0.1) is 6.58 Å². The van der Waals surface area contributed by atoms with Crippen LogP contribution in [0.1, 0.15) is 10.4 Å². The zero-order chi connectivity index (χ0) is 11.4. The van der Waals surface area contributed by atoms with E-state index in [0.29, 0.717) is 6.54 Å². The summed E-state index contributed by atoms with van der Waals surface area (Å²) in [5, 5.41) is 2.77. The van der Waals surface area contributed by atoms with Gasteiger partial charge in [0.2, 0.25) is 0 Å². The maximum Gasteiger partial charge on any atom is 0.252 e. The van der Waals surface area contributed by atoms with Crippen LogP contribution in [0.4, 0.5) is 0 Å². The molecule has 0 spiro atoms. The zero-order valence-electron chi connectivity index (χ0n) is 7.69. The van der Waals surface area contributed by atoms with Crippen LogP contribution in [0, 0.1) is 10.7 Å². The van der Waals surface area contributed by atoms with Crippen molar-refractivity contribution in [2.45, 2.75) is 0 Å². The number of carbonyl (C=O) groups excluding carboxylic acids is 1. The molecule has 1 aromatic rings. The summed E-state index contributed by atoms with van der Waals surface area (Å²) in [4.78, 5) is 11.7. The van der Waals surface area contributed by atoms with Crippen molar-refractivity contribution in [2.24, 2.45) is 0 Å². The van der Waals surface area contributed by atoms with Crippen LogP contribution < -0.4 is 5.32 Å². The molecule has 0 aliphatic heterocycles. The summed E-state index contributed by atoms with van der Waals surface area (Å²) < 4.78 is 3.29. The minimum Gasteiger partial charge on any atom is -0.349 e. The van der Waals surface area contributed by atoms with E-state index in [1.54, 1.807) is 6.08 Å². The minimum atomic E-state index is -0.0476. The van der Waals surface area contributed by atoms with Crippen molar-refractivity contribution in [1.82, 2.24) is 5.32 Å². The van der Waals surface area contributed by atoms with E-state index in [0.717, 1.165) is 16.3 Å². The Kier molecular flexibility index (Phi) is 5.82. The summed E-state index contributed by atoms with van der Waals surface area (Å²) in [5.41, 5.74) is 0.724. The second-order valence-corrected chi connectivity index (χ2v) is 6.04. The van der Waals surface area contributed by atoms with Gasteiger partial charge in [0.1, 0.15) is 0 Å². The Labute approximate surface area is 130 Å². The molecule has 0 atom stereocenters. The maximum absolute atomic E-state index is 11.7. The number of amides is 1. The average molecular weight is 539 g/mol. The van der Waals surface area contributed by atoms with Gasteiger partial charge < -0.3 is 5.32 Å². The Morgan fingerprint density at radius 1 is 1.33 bits per heavy atom. The predicted octanol–water partition coefficient (Wildman–Crippen LogP) is 3.42. The van der Waals surface area contributed by atoms with Crippen molar-refractivity contribution in [2.75, 3.05) is 6.54 Å². The largest absolute Gasteiger partial charge is 0.349 e. The van der Waals surface area contributed by atoms with Gasteiger partial charge in [-0.1, -0.05) is 6.08 Å². The lowest BCUT2D eigenvalue weighted by molar-refractivity contribution is 0.0957. The van der Waals surface area contributed by atoms with E-state index in [1.807, 2.05) is 12.1 Å². The van der Waals surface area contributed by atoms with Gasteiger partial charge in [-0.25, -0.2) is 0 Å².